The molecule has 0 saturated heterocycles. The van der Waals surface area contributed by atoms with Gasteiger partial charge in [-0.05, 0) is 17.7 Å². The molecule has 0 fully saturated rings. The monoisotopic (exact) mass is 348 g/mol. The quantitative estimate of drug-likeness (QED) is 0.798. The highest BCUT2D eigenvalue weighted by molar-refractivity contribution is 9.10. The van der Waals surface area contributed by atoms with Crippen LogP contribution in [0.5, 0.6) is 0 Å². The van der Waals surface area contributed by atoms with Crippen molar-refractivity contribution in [3.8, 4) is 0 Å². The van der Waals surface area contributed by atoms with Gasteiger partial charge in [0.2, 0.25) is 5.60 Å². The van der Waals surface area contributed by atoms with Crippen molar-refractivity contribution >= 4 is 15.9 Å². The summed E-state index contributed by atoms with van der Waals surface area (Å²) < 4.78 is 54.1. The van der Waals surface area contributed by atoms with Gasteiger partial charge in [0.1, 0.15) is 5.82 Å². The lowest BCUT2D eigenvalue weighted by atomic mass is 9.85. The normalized spacial score (nSPS) is 14.9. The molecule has 0 radical (unpaired) electrons. The molecule has 0 heterocycles. The van der Waals surface area contributed by atoms with Crippen LogP contribution in [0.1, 0.15) is 11.1 Å². The van der Waals surface area contributed by atoms with Gasteiger partial charge in [-0.25, -0.2) is 4.39 Å². The summed E-state index contributed by atoms with van der Waals surface area (Å²) >= 11 is 2.97. The van der Waals surface area contributed by atoms with E-state index in [1.54, 1.807) is 0 Å². The molecular formula is C14H9BrF4O. The average Bonchev–Trinajstić information content (AvgIpc) is 2.37. The second-order valence-corrected chi connectivity index (χ2v) is 5.11. The van der Waals surface area contributed by atoms with Crippen molar-refractivity contribution in [3.63, 3.8) is 0 Å². The number of hydrogen-bond acceptors (Lipinski definition) is 1. The third-order valence-corrected chi connectivity index (χ3v) is 3.42. The van der Waals surface area contributed by atoms with Crippen LogP contribution in [-0.4, -0.2) is 11.3 Å². The van der Waals surface area contributed by atoms with E-state index in [0.29, 0.717) is 0 Å². The van der Waals surface area contributed by atoms with Gasteiger partial charge in [-0.15, -0.1) is 0 Å². The van der Waals surface area contributed by atoms with Gasteiger partial charge < -0.3 is 5.11 Å². The SMILES string of the molecule is OC(c1ccccc1)(c1ccc(Br)cc1F)C(F)(F)F. The molecule has 0 spiro atoms. The first-order chi connectivity index (χ1) is 9.26. The molecule has 2 rings (SSSR count). The minimum Gasteiger partial charge on any atom is -0.372 e. The fraction of sp³-hybridized carbons (Fsp3) is 0.143. The minimum absolute atomic E-state index is 0.288. The number of benzene rings is 2. The van der Waals surface area contributed by atoms with Crippen LogP contribution in [0.4, 0.5) is 17.6 Å². The highest BCUT2D eigenvalue weighted by Gasteiger charge is 2.57. The van der Waals surface area contributed by atoms with Crippen molar-refractivity contribution < 1.29 is 22.7 Å². The van der Waals surface area contributed by atoms with Crippen molar-refractivity contribution in [1.29, 1.82) is 0 Å². The zero-order chi connectivity index (χ0) is 15.0. The van der Waals surface area contributed by atoms with Gasteiger partial charge in [0.25, 0.3) is 0 Å². The molecule has 1 nitrogen and oxygen atoms in total. The Kier molecular flexibility index (Phi) is 3.88. The predicted octanol–water partition coefficient (Wildman–Crippen LogP) is 4.39. The predicted molar refractivity (Wildman–Crippen MR) is 69.6 cm³/mol. The van der Waals surface area contributed by atoms with Gasteiger partial charge in [0.05, 0.1) is 0 Å². The molecule has 106 valence electrons. The van der Waals surface area contributed by atoms with Gasteiger partial charge in [0.15, 0.2) is 0 Å². The Bertz CT molecular complexity index is 612. The molecule has 1 unspecified atom stereocenters. The van der Waals surface area contributed by atoms with E-state index in [9.17, 15) is 22.7 Å². The topological polar surface area (TPSA) is 20.2 Å². The van der Waals surface area contributed by atoms with Crippen molar-refractivity contribution in [2.45, 2.75) is 11.8 Å². The van der Waals surface area contributed by atoms with E-state index in [4.69, 9.17) is 0 Å². The molecule has 1 atom stereocenters. The molecule has 2 aromatic carbocycles. The minimum atomic E-state index is -5.05. The molecule has 2 aromatic rings. The Balaban J connectivity index is 2.71. The number of aliphatic hydroxyl groups is 1. The third-order valence-electron chi connectivity index (χ3n) is 2.92. The summed E-state index contributed by atoms with van der Waals surface area (Å²) in [5.41, 5.74) is -4.66. The van der Waals surface area contributed by atoms with Gasteiger partial charge >= 0.3 is 6.18 Å². The van der Waals surface area contributed by atoms with Gasteiger partial charge in [-0.2, -0.15) is 13.2 Å². The smallest absolute Gasteiger partial charge is 0.372 e. The largest absolute Gasteiger partial charge is 0.425 e. The van der Waals surface area contributed by atoms with E-state index in [-0.39, 0.29) is 4.47 Å². The molecule has 6 heteroatoms. The lowest BCUT2D eigenvalue weighted by Gasteiger charge is -2.31. The average molecular weight is 349 g/mol. The number of rotatable bonds is 2. The Morgan fingerprint density at radius 3 is 2.05 bits per heavy atom. The summed E-state index contributed by atoms with van der Waals surface area (Å²) in [6.45, 7) is 0. The second kappa shape index (κ2) is 5.18. The van der Waals surface area contributed by atoms with E-state index < -0.39 is 28.7 Å². The molecule has 1 N–H and O–H groups in total. The van der Waals surface area contributed by atoms with E-state index in [1.165, 1.54) is 24.3 Å². The summed E-state index contributed by atoms with van der Waals surface area (Å²) in [6.07, 6.45) is -5.05. The van der Waals surface area contributed by atoms with E-state index in [1.807, 2.05) is 0 Å². The maximum Gasteiger partial charge on any atom is 0.425 e. The lowest BCUT2D eigenvalue weighted by molar-refractivity contribution is -0.249. The lowest BCUT2D eigenvalue weighted by Crippen LogP contribution is -2.44. The summed E-state index contributed by atoms with van der Waals surface area (Å²) in [5.74, 6) is -1.14. The molecule has 0 aliphatic rings. The zero-order valence-corrected chi connectivity index (χ0v) is 11.5. The number of hydrogen-bond donors (Lipinski definition) is 1. The highest BCUT2D eigenvalue weighted by Crippen LogP contribution is 2.45. The van der Waals surface area contributed by atoms with E-state index >= 15 is 0 Å². The van der Waals surface area contributed by atoms with E-state index in [0.717, 1.165) is 24.3 Å². The summed E-state index contributed by atoms with van der Waals surface area (Å²) in [5, 5.41) is 10.2. The second-order valence-electron chi connectivity index (χ2n) is 4.20. The van der Waals surface area contributed by atoms with Crippen LogP contribution >= 0.6 is 15.9 Å². The van der Waals surface area contributed by atoms with Gasteiger partial charge in [0, 0.05) is 10.0 Å². The van der Waals surface area contributed by atoms with Gasteiger partial charge in [-0.1, -0.05) is 52.3 Å². The van der Waals surface area contributed by atoms with Crippen LogP contribution in [-0.2, 0) is 5.60 Å². The standard InChI is InChI=1S/C14H9BrF4O/c15-10-6-7-11(12(16)8-10)13(20,14(17,18)19)9-4-2-1-3-5-9/h1-8,20H. The fourth-order valence-electron chi connectivity index (χ4n) is 1.93. The summed E-state index contributed by atoms with van der Waals surface area (Å²) in [7, 11) is 0. The Morgan fingerprint density at radius 1 is 0.950 bits per heavy atom. The Hall–Kier alpha value is -1.40. The maximum absolute atomic E-state index is 13.9. The molecule has 0 aliphatic heterocycles. The molecule has 0 aromatic heterocycles. The van der Waals surface area contributed by atoms with Crippen LogP contribution in [0.2, 0.25) is 0 Å². The Morgan fingerprint density at radius 2 is 1.55 bits per heavy atom. The molecule has 20 heavy (non-hydrogen) atoms. The molecule has 0 aliphatic carbocycles. The van der Waals surface area contributed by atoms with Crippen LogP contribution in [0, 0.1) is 5.82 Å². The third kappa shape index (κ3) is 2.45. The molecular weight excluding hydrogens is 340 g/mol. The van der Waals surface area contributed by atoms with Crippen LogP contribution in [0.15, 0.2) is 53.0 Å². The summed E-state index contributed by atoms with van der Waals surface area (Å²) in [4.78, 5) is 0. The van der Waals surface area contributed by atoms with Crippen LogP contribution < -0.4 is 0 Å². The van der Waals surface area contributed by atoms with Crippen molar-refractivity contribution in [3.05, 3.63) is 69.9 Å². The van der Waals surface area contributed by atoms with Crippen molar-refractivity contribution in [1.82, 2.24) is 0 Å². The van der Waals surface area contributed by atoms with Crippen LogP contribution in [0.3, 0.4) is 0 Å². The Labute approximate surface area is 121 Å². The number of alkyl halides is 3. The van der Waals surface area contributed by atoms with Crippen LogP contribution in [0.25, 0.3) is 0 Å². The first-order valence-corrected chi connectivity index (χ1v) is 6.36. The summed E-state index contributed by atoms with van der Waals surface area (Å²) in [6, 6.07) is 9.47. The zero-order valence-electron chi connectivity index (χ0n) is 9.96. The molecule has 0 amide bonds. The van der Waals surface area contributed by atoms with Gasteiger partial charge in [-0.3, -0.25) is 0 Å². The first kappa shape index (κ1) is 15.0. The maximum atomic E-state index is 13.9. The number of halogens is 5. The van der Waals surface area contributed by atoms with E-state index in [2.05, 4.69) is 15.9 Å². The van der Waals surface area contributed by atoms with Crippen molar-refractivity contribution in [2.24, 2.45) is 0 Å². The first-order valence-electron chi connectivity index (χ1n) is 5.57. The highest BCUT2D eigenvalue weighted by atomic mass is 79.9. The molecule has 0 saturated carbocycles. The fourth-order valence-corrected chi connectivity index (χ4v) is 2.27. The van der Waals surface area contributed by atoms with Crippen molar-refractivity contribution in [2.75, 3.05) is 0 Å². The molecule has 0 bridgehead atoms.